The third kappa shape index (κ3) is 5.44. The minimum atomic E-state index is -0.0905. The van der Waals surface area contributed by atoms with Crippen molar-refractivity contribution >= 4 is 62.9 Å². The maximum absolute atomic E-state index is 12.4. The third-order valence-electron chi connectivity index (χ3n) is 4.40. The lowest BCUT2D eigenvalue weighted by atomic mass is 10.0. The second-order valence-electron chi connectivity index (χ2n) is 6.59. The Morgan fingerprint density at radius 1 is 1.23 bits per heavy atom. The fourth-order valence-corrected chi connectivity index (χ4v) is 4.47. The Morgan fingerprint density at radius 2 is 1.97 bits per heavy atom. The summed E-state index contributed by atoms with van der Waals surface area (Å²) >= 11 is 8.81. The number of hydrogen-bond donors (Lipinski definition) is 0. The van der Waals surface area contributed by atoms with E-state index in [1.165, 1.54) is 20.2 Å². The molecule has 2 aromatic carbocycles. The molecule has 156 valence electrons. The molecular weight excluding hydrogens is 529 g/mol. The zero-order valence-electron chi connectivity index (χ0n) is 16.8. The van der Waals surface area contributed by atoms with Crippen molar-refractivity contribution in [3.8, 4) is 11.5 Å². The smallest absolute Gasteiger partial charge is 0.265 e. The Morgan fingerprint density at radius 3 is 2.57 bits per heavy atom. The van der Waals surface area contributed by atoms with Crippen LogP contribution in [0.1, 0.15) is 23.6 Å². The van der Waals surface area contributed by atoms with Crippen molar-refractivity contribution in [2.75, 3.05) is 13.7 Å². The SMILES string of the molecule is C=CCc1cc(/C=C2\SC(=S)N(C)C2=O)cc(OCC)c1OCc1ccc(I)cc1. The van der Waals surface area contributed by atoms with Crippen LogP contribution in [-0.2, 0) is 17.8 Å². The van der Waals surface area contributed by atoms with Crippen molar-refractivity contribution in [1.29, 1.82) is 0 Å². The molecule has 1 heterocycles. The number of halogens is 1. The molecule has 0 N–H and O–H groups in total. The molecule has 0 aromatic heterocycles. The van der Waals surface area contributed by atoms with Gasteiger partial charge in [-0.1, -0.05) is 42.2 Å². The van der Waals surface area contributed by atoms with Crippen molar-refractivity contribution in [3.63, 3.8) is 0 Å². The fraction of sp³-hybridized carbons (Fsp3) is 0.217. The monoisotopic (exact) mass is 551 g/mol. The van der Waals surface area contributed by atoms with Gasteiger partial charge in [0, 0.05) is 16.2 Å². The number of rotatable bonds is 8. The van der Waals surface area contributed by atoms with Gasteiger partial charge in [0.2, 0.25) is 0 Å². The molecular formula is C23H22INO3S2. The highest BCUT2D eigenvalue weighted by Crippen LogP contribution is 2.37. The van der Waals surface area contributed by atoms with E-state index in [-0.39, 0.29) is 5.91 Å². The van der Waals surface area contributed by atoms with E-state index in [1.54, 1.807) is 7.05 Å². The van der Waals surface area contributed by atoms with Crippen LogP contribution in [0.3, 0.4) is 0 Å². The molecule has 1 amide bonds. The van der Waals surface area contributed by atoms with E-state index in [0.717, 1.165) is 16.7 Å². The van der Waals surface area contributed by atoms with E-state index in [9.17, 15) is 4.79 Å². The summed E-state index contributed by atoms with van der Waals surface area (Å²) in [6.07, 6.45) is 4.30. The number of allylic oxidation sites excluding steroid dienone is 1. The summed E-state index contributed by atoms with van der Waals surface area (Å²) in [5, 5.41) is 0. The Balaban J connectivity index is 1.95. The number of ether oxygens (including phenoxy) is 2. The number of amides is 1. The average molecular weight is 551 g/mol. The molecule has 0 atom stereocenters. The number of thiocarbonyl (C=S) groups is 1. The predicted molar refractivity (Wildman–Crippen MR) is 136 cm³/mol. The standard InChI is InChI=1S/C23H22INO3S2/c1-4-6-17-11-16(13-20-22(26)25(3)23(29)30-20)12-19(27-5-2)21(17)28-14-15-7-9-18(24)10-8-15/h4,7-13H,1,5-6,14H2,2-3H3/b20-13-. The topological polar surface area (TPSA) is 38.8 Å². The van der Waals surface area contributed by atoms with Gasteiger partial charge >= 0.3 is 0 Å². The second-order valence-corrected chi connectivity index (χ2v) is 9.51. The summed E-state index contributed by atoms with van der Waals surface area (Å²) in [4.78, 5) is 14.5. The van der Waals surface area contributed by atoms with Crippen LogP contribution < -0.4 is 9.47 Å². The highest BCUT2D eigenvalue weighted by atomic mass is 127. The molecule has 0 saturated carbocycles. The van der Waals surface area contributed by atoms with Gasteiger partial charge < -0.3 is 9.47 Å². The number of nitrogens with zero attached hydrogens (tertiary/aromatic N) is 1. The van der Waals surface area contributed by atoms with Crippen molar-refractivity contribution in [1.82, 2.24) is 4.90 Å². The number of likely N-dealkylation sites (N-methyl/N-ethyl adjacent to an activating group) is 1. The molecule has 7 heteroatoms. The van der Waals surface area contributed by atoms with Crippen molar-refractivity contribution in [2.45, 2.75) is 20.0 Å². The molecule has 0 aliphatic carbocycles. The van der Waals surface area contributed by atoms with Gasteiger partial charge in [-0.3, -0.25) is 9.69 Å². The zero-order chi connectivity index (χ0) is 21.7. The average Bonchev–Trinajstić information content (AvgIpc) is 2.96. The molecule has 0 unspecified atom stereocenters. The lowest BCUT2D eigenvalue weighted by Gasteiger charge is -2.17. The van der Waals surface area contributed by atoms with Crippen LogP contribution in [0.25, 0.3) is 6.08 Å². The first-order chi connectivity index (χ1) is 14.4. The number of thioether (sulfide) groups is 1. The van der Waals surface area contributed by atoms with Crippen LogP contribution in [0.4, 0.5) is 0 Å². The van der Waals surface area contributed by atoms with Crippen LogP contribution in [0, 0.1) is 3.57 Å². The Labute approximate surface area is 200 Å². The van der Waals surface area contributed by atoms with Gasteiger partial charge in [-0.15, -0.1) is 6.58 Å². The molecule has 0 bridgehead atoms. The molecule has 1 saturated heterocycles. The first kappa shape index (κ1) is 22.8. The van der Waals surface area contributed by atoms with Gasteiger partial charge in [-0.05, 0) is 77.4 Å². The summed E-state index contributed by atoms with van der Waals surface area (Å²) in [7, 11) is 1.69. The summed E-state index contributed by atoms with van der Waals surface area (Å²) in [5.41, 5.74) is 2.91. The zero-order valence-corrected chi connectivity index (χ0v) is 20.6. The molecule has 1 aliphatic rings. The van der Waals surface area contributed by atoms with E-state index in [4.69, 9.17) is 21.7 Å². The normalized spacial score (nSPS) is 15.0. The van der Waals surface area contributed by atoms with Crippen molar-refractivity contribution in [3.05, 3.63) is 74.2 Å². The van der Waals surface area contributed by atoms with Crippen LogP contribution in [-0.4, -0.2) is 28.8 Å². The van der Waals surface area contributed by atoms with Gasteiger partial charge in [-0.25, -0.2) is 0 Å². The third-order valence-corrected chi connectivity index (χ3v) is 6.60. The lowest BCUT2D eigenvalue weighted by Crippen LogP contribution is -2.22. The van der Waals surface area contributed by atoms with E-state index in [1.807, 2.05) is 31.2 Å². The van der Waals surface area contributed by atoms with E-state index in [2.05, 4.69) is 53.4 Å². The summed E-state index contributed by atoms with van der Waals surface area (Å²) in [6, 6.07) is 12.1. The van der Waals surface area contributed by atoms with Crippen LogP contribution in [0.15, 0.2) is 54.0 Å². The lowest BCUT2D eigenvalue weighted by molar-refractivity contribution is -0.121. The fourth-order valence-electron chi connectivity index (χ4n) is 2.93. The molecule has 30 heavy (non-hydrogen) atoms. The van der Waals surface area contributed by atoms with Crippen LogP contribution in [0.2, 0.25) is 0 Å². The quantitative estimate of drug-likeness (QED) is 0.179. The van der Waals surface area contributed by atoms with Gasteiger partial charge in [0.05, 0.1) is 11.5 Å². The highest BCUT2D eigenvalue weighted by molar-refractivity contribution is 14.1. The van der Waals surface area contributed by atoms with Gasteiger partial charge in [0.1, 0.15) is 10.9 Å². The maximum Gasteiger partial charge on any atom is 0.265 e. The molecule has 4 nitrogen and oxygen atoms in total. The number of carbonyl (C=O) groups is 1. The first-order valence-electron chi connectivity index (χ1n) is 9.42. The van der Waals surface area contributed by atoms with E-state index < -0.39 is 0 Å². The summed E-state index contributed by atoms with van der Waals surface area (Å²) in [5.74, 6) is 1.27. The minimum Gasteiger partial charge on any atom is -0.490 e. The molecule has 0 spiro atoms. The van der Waals surface area contributed by atoms with E-state index in [0.29, 0.717) is 40.4 Å². The summed E-state index contributed by atoms with van der Waals surface area (Å²) in [6.45, 7) is 6.75. The Hall–Kier alpha value is -1.84. The van der Waals surface area contributed by atoms with Gasteiger partial charge in [0.15, 0.2) is 11.5 Å². The number of carbonyl (C=O) groups excluding carboxylic acids is 1. The van der Waals surface area contributed by atoms with Crippen molar-refractivity contribution < 1.29 is 14.3 Å². The Bertz CT molecular complexity index is 1000. The molecule has 3 rings (SSSR count). The molecule has 1 fully saturated rings. The minimum absolute atomic E-state index is 0.0905. The Kier molecular flexibility index (Phi) is 7.96. The van der Waals surface area contributed by atoms with Gasteiger partial charge in [-0.2, -0.15) is 0 Å². The highest BCUT2D eigenvalue weighted by Gasteiger charge is 2.28. The van der Waals surface area contributed by atoms with Crippen LogP contribution >= 0.6 is 46.6 Å². The largest absolute Gasteiger partial charge is 0.490 e. The van der Waals surface area contributed by atoms with Gasteiger partial charge in [0.25, 0.3) is 5.91 Å². The second kappa shape index (κ2) is 10.5. The first-order valence-corrected chi connectivity index (χ1v) is 11.7. The van der Waals surface area contributed by atoms with E-state index >= 15 is 0 Å². The predicted octanol–water partition coefficient (Wildman–Crippen LogP) is 5.83. The summed E-state index contributed by atoms with van der Waals surface area (Å²) < 4.78 is 13.8. The molecule has 2 aromatic rings. The molecule has 1 aliphatic heterocycles. The van der Waals surface area contributed by atoms with Crippen molar-refractivity contribution in [2.24, 2.45) is 0 Å². The van der Waals surface area contributed by atoms with Crippen LogP contribution in [0.5, 0.6) is 11.5 Å². The maximum atomic E-state index is 12.4. The number of hydrogen-bond acceptors (Lipinski definition) is 5. The molecule has 0 radical (unpaired) electrons. The number of benzene rings is 2.